The second-order valence-corrected chi connectivity index (χ2v) is 12.8. The second kappa shape index (κ2) is 10.3. The van der Waals surface area contributed by atoms with Gasteiger partial charge >= 0.3 is 0 Å². The number of anilines is 6. The van der Waals surface area contributed by atoms with Gasteiger partial charge in [-0.3, -0.25) is 0 Å². The smallest absolute Gasteiger partial charge is 0.0543 e. The summed E-state index contributed by atoms with van der Waals surface area (Å²) < 4.78 is 0. The highest BCUT2D eigenvalue weighted by Crippen LogP contribution is 2.60. The van der Waals surface area contributed by atoms with Crippen LogP contribution in [0.15, 0.2) is 147 Å². The molecule has 5 aromatic rings. The zero-order valence-corrected chi connectivity index (χ0v) is 26.0. The van der Waals surface area contributed by atoms with Crippen LogP contribution in [0.3, 0.4) is 0 Å². The van der Waals surface area contributed by atoms with E-state index in [2.05, 4.69) is 166 Å². The third kappa shape index (κ3) is 4.09. The van der Waals surface area contributed by atoms with E-state index in [-0.39, 0.29) is 10.8 Å². The first-order chi connectivity index (χ1) is 21.3. The first kappa shape index (κ1) is 27.7. The summed E-state index contributed by atoms with van der Waals surface area (Å²) in [4.78, 5) is 4.87. The highest BCUT2D eigenvalue weighted by atomic mass is 15.2. The molecule has 0 atom stereocenters. The molecular formula is C42H38N2. The van der Waals surface area contributed by atoms with Crippen molar-refractivity contribution in [1.29, 1.82) is 0 Å². The van der Waals surface area contributed by atoms with Gasteiger partial charge in [0.15, 0.2) is 0 Å². The molecule has 0 bridgehead atoms. The third-order valence-electron chi connectivity index (χ3n) is 9.57. The number of benzene rings is 5. The lowest BCUT2D eigenvalue weighted by Crippen LogP contribution is -2.38. The molecule has 2 heteroatoms. The summed E-state index contributed by atoms with van der Waals surface area (Å²) in [6.45, 7) is 17.3. The van der Waals surface area contributed by atoms with Crippen LogP contribution in [0.25, 0.3) is 5.57 Å². The topological polar surface area (TPSA) is 6.48 Å². The van der Waals surface area contributed by atoms with E-state index in [1.54, 1.807) is 6.08 Å². The van der Waals surface area contributed by atoms with Crippen molar-refractivity contribution in [3.05, 3.63) is 174 Å². The van der Waals surface area contributed by atoms with Gasteiger partial charge in [-0.2, -0.15) is 0 Å². The molecule has 0 saturated carbocycles. The lowest BCUT2D eigenvalue weighted by Gasteiger charge is -2.49. The van der Waals surface area contributed by atoms with Crippen LogP contribution < -0.4 is 9.80 Å². The van der Waals surface area contributed by atoms with E-state index in [1.807, 2.05) is 12.2 Å². The molecule has 0 N–H and O–H groups in total. The predicted octanol–water partition coefficient (Wildman–Crippen LogP) is 11.7. The average molecular weight is 571 g/mol. The fraction of sp³-hybridized carbons (Fsp3) is 0.143. The van der Waals surface area contributed by atoms with E-state index in [0.29, 0.717) is 0 Å². The Labute approximate surface area is 261 Å². The van der Waals surface area contributed by atoms with Gasteiger partial charge in [-0.25, -0.2) is 0 Å². The van der Waals surface area contributed by atoms with Gasteiger partial charge in [0.2, 0.25) is 0 Å². The summed E-state index contributed by atoms with van der Waals surface area (Å²) in [5.41, 5.74) is 14.5. The molecule has 216 valence electrons. The van der Waals surface area contributed by atoms with Crippen LogP contribution in [0, 0.1) is 0 Å². The number of para-hydroxylation sites is 3. The fourth-order valence-corrected chi connectivity index (χ4v) is 7.25. The first-order valence-corrected chi connectivity index (χ1v) is 15.4. The summed E-state index contributed by atoms with van der Waals surface area (Å²) in [6, 6.07) is 42.1. The maximum atomic E-state index is 3.99. The van der Waals surface area contributed by atoms with Crippen molar-refractivity contribution >= 4 is 39.7 Å². The van der Waals surface area contributed by atoms with Crippen LogP contribution >= 0.6 is 0 Å². The monoisotopic (exact) mass is 570 g/mol. The minimum atomic E-state index is -0.198. The lowest BCUT2D eigenvalue weighted by molar-refractivity contribution is 0.597. The highest BCUT2D eigenvalue weighted by molar-refractivity contribution is 5.94. The Morgan fingerprint density at radius 1 is 0.591 bits per heavy atom. The SMILES string of the molecule is C=C/C=C(\C=C)c1ccc(N(c2ccccc2)c2ccc3c(c2)C(C)(C)c2cccc4c2N3c2ccccc2C4(C)C)cc1. The molecule has 44 heavy (non-hydrogen) atoms. The van der Waals surface area contributed by atoms with Crippen LogP contribution in [-0.4, -0.2) is 0 Å². The molecule has 0 radical (unpaired) electrons. The summed E-state index contributed by atoms with van der Waals surface area (Å²) >= 11 is 0. The zero-order valence-electron chi connectivity index (χ0n) is 26.0. The molecule has 0 spiro atoms. The van der Waals surface area contributed by atoms with Gasteiger partial charge in [0, 0.05) is 27.9 Å². The van der Waals surface area contributed by atoms with E-state index in [0.717, 1.165) is 28.2 Å². The Kier molecular flexibility index (Phi) is 6.48. The summed E-state index contributed by atoms with van der Waals surface area (Å²) in [5.74, 6) is 0. The van der Waals surface area contributed by atoms with E-state index < -0.39 is 0 Å². The zero-order chi connectivity index (χ0) is 30.6. The standard InChI is InChI=1S/C42H38N2/c1-7-15-29(8-2)30-22-24-32(25-23-30)43(31-16-10-9-11-17-31)33-26-27-39-37(28-33)42(5,6)36-20-14-19-35-40(36)44(39)38-21-13-12-18-34(38)41(35,3)4/h7-28H,1-2H2,3-6H3/b29-15+. The number of allylic oxidation sites excluding steroid dienone is 4. The second-order valence-electron chi connectivity index (χ2n) is 12.8. The summed E-state index contributed by atoms with van der Waals surface area (Å²) in [7, 11) is 0. The maximum Gasteiger partial charge on any atom is 0.0543 e. The molecule has 0 aliphatic carbocycles. The van der Waals surface area contributed by atoms with Crippen molar-refractivity contribution in [1.82, 2.24) is 0 Å². The van der Waals surface area contributed by atoms with Gasteiger partial charge in [0.25, 0.3) is 0 Å². The van der Waals surface area contributed by atoms with Gasteiger partial charge < -0.3 is 9.80 Å². The molecule has 7 rings (SSSR count). The summed E-state index contributed by atoms with van der Waals surface area (Å²) in [5, 5.41) is 0. The van der Waals surface area contributed by atoms with E-state index in [4.69, 9.17) is 0 Å². The fourth-order valence-electron chi connectivity index (χ4n) is 7.25. The van der Waals surface area contributed by atoms with Gasteiger partial charge in [0.1, 0.15) is 0 Å². The normalized spacial score (nSPS) is 15.5. The minimum absolute atomic E-state index is 0.0887. The summed E-state index contributed by atoms with van der Waals surface area (Å²) in [6.07, 6.45) is 5.67. The maximum absolute atomic E-state index is 3.99. The Bertz CT molecular complexity index is 1940. The first-order valence-electron chi connectivity index (χ1n) is 15.4. The molecule has 0 saturated heterocycles. The Balaban J connectivity index is 1.42. The van der Waals surface area contributed by atoms with Crippen LogP contribution in [0.1, 0.15) is 55.5 Å². The number of hydrogen-bond acceptors (Lipinski definition) is 2. The van der Waals surface area contributed by atoms with Crippen molar-refractivity contribution in [2.45, 2.75) is 38.5 Å². The minimum Gasteiger partial charge on any atom is -0.310 e. The molecule has 0 fully saturated rings. The van der Waals surface area contributed by atoms with Crippen molar-refractivity contribution in [3.8, 4) is 0 Å². The molecule has 2 nitrogen and oxygen atoms in total. The van der Waals surface area contributed by atoms with E-state index >= 15 is 0 Å². The number of fused-ring (bicyclic) bond motifs is 4. The predicted molar refractivity (Wildman–Crippen MR) is 188 cm³/mol. The lowest BCUT2D eigenvalue weighted by atomic mass is 9.66. The van der Waals surface area contributed by atoms with Gasteiger partial charge in [0.05, 0.1) is 17.1 Å². The van der Waals surface area contributed by atoms with E-state index in [1.165, 1.54) is 39.3 Å². The van der Waals surface area contributed by atoms with Crippen LogP contribution in [-0.2, 0) is 10.8 Å². The van der Waals surface area contributed by atoms with Crippen LogP contribution in [0.4, 0.5) is 34.1 Å². The Morgan fingerprint density at radius 3 is 1.84 bits per heavy atom. The highest BCUT2D eigenvalue weighted by Gasteiger charge is 2.45. The van der Waals surface area contributed by atoms with Crippen molar-refractivity contribution in [2.75, 3.05) is 9.80 Å². The Hall–Kier alpha value is -5.08. The van der Waals surface area contributed by atoms with Crippen molar-refractivity contribution < 1.29 is 0 Å². The average Bonchev–Trinajstić information content (AvgIpc) is 3.04. The van der Waals surface area contributed by atoms with Gasteiger partial charge in [-0.1, -0.05) is 126 Å². The molecule has 0 amide bonds. The third-order valence-corrected chi connectivity index (χ3v) is 9.57. The van der Waals surface area contributed by atoms with Crippen molar-refractivity contribution in [2.24, 2.45) is 0 Å². The molecule has 2 aliphatic rings. The number of nitrogens with zero attached hydrogens (tertiary/aromatic N) is 2. The van der Waals surface area contributed by atoms with E-state index in [9.17, 15) is 0 Å². The van der Waals surface area contributed by atoms with Crippen molar-refractivity contribution in [3.63, 3.8) is 0 Å². The molecule has 5 aromatic carbocycles. The number of rotatable bonds is 6. The Morgan fingerprint density at radius 2 is 1.16 bits per heavy atom. The van der Waals surface area contributed by atoms with Crippen LogP contribution in [0.5, 0.6) is 0 Å². The molecule has 2 heterocycles. The quantitative estimate of drug-likeness (QED) is 0.187. The largest absolute Gasteiger partial charge is 0.310 e. The molecule has 2 aliphatic heterocycles. The van der Waals surface area contributed by atoms with Crippen LogP contribution in [0.2, 0.25) is 0 Å². The number of hydrogen-bond donors (Lipinski definition) is 0. The molecule has 0 unspecified atom stereocenters. The molecular weight excluding hydrogens is 532 g/mol. The van der Waals surface area contributed by atoms with Gasteiger partial charge in [-0.15, -0.1) is 0 Å². The molecule has 0 aromatic heterocycles. The van der Waals surface area contributed by atoms with Gasteiger partial charge in [-0.05, 0) is 81.9 Å².